The molecule has 5 saturated carbocycles. The Bertz CT molecular complexity index is 1150. The minimum absolute atomic E-state index is 0.0166. The van der Waals surface area contributed by atoms with Gasteiger partial charge in [-0.1, -0.05) is 27.2 Å². The van der Waals surface area contributed by atoms with Crippen LogP contribution in [0.2, 0.25) is 0 Å². The van der Waals surface area contributed by atoms with Crippen LogP contribution in [0.1, 0.15) is 79.1 Å². The lowest BCUT2D eigenvalue weighted by atomic mass is 9.45. The molecule has 0 spiro atoms. The number of aliphatic hydroxyl groups excluding tert-OH is 2. The smallest absolute Gasteiger partial charge is 0.240 e. The van der Waals surface area contributed by atoms with Gasteiger partial charge in [0.25, 0.3) is 0 Å². The van der Waals surface area contributed by atoms with E-state index in [0.717, 1.165) is 58.0 Å². The lowest BCUT2D eigenvalue weighted by Gasteiger charge is -2.62. The van der Waals surface area contributed by atoms with Gasteiger partial charge in [0.15, 0.2) is 0 Å². The zero-order valence-corrected chi connectivity index (χ0v) is 32.9. The van der Waals surface area contributed by atoms with Crippen molar-refractivity contribution >= 4 is 11.8 Å². The highest BCUT2D eigenvalue weighted by molar-refractivity contribution is 5.83. The van der Waals surface area contributed by atoms with E-state index in [4.69, 9.17) is 9.57 Å². The Morgan fingerprint density at radius 1 is 1.04 bits per heavy atom. The van der Waals surface area contributed by atoms with Crippen molar-refractivity contribution in [2.45, 2.75) is 115 Å². The number of rotatable bonds is 13. The first kappa shape index (κ1) is 39.9. The van der Waals surface area contributed by atoms with Gasteiger partial charge in [-0.3, -0.25) is 14.4 Å². The first-order valence-corrected chi connectivity index (χ1v) is 19.7. The molecule has 6 unspecified atom stereocenters. The third kappa shape index (κ3) is 8.09. The van der Waals surface area contributed by atoms with Crippen LogP contribution in [0.4, 0.5) is 0 Å². The SMILES string of the molecule is COC1C(CN2O[C@@H](CO)[C@@H]([C@H](C)O)[C@H]2C(=O)N[C@H]2C[C@H]3C[C@@H]([C@@H]2C)C3(C)C)CCCC1C1CC(C(=O)N(C)CCN(C)C)CC(N(C)C)C1. The van der Waals surface area contributed by atoms with Crippen molar-refractivity contribution < 1.29 is 29.4 Å². The summed E-state index contributed by atoms with van der Waals surface area (Å²) in [6.07, 6.45) is 6.52. The predicted octanol–water partition coefficient (Wildman–Crippen LogP) is 2.94. The summed E-state index contributed by atoms with van der Waals surface area (Å²) in [7, 11) is 12.1. The minimum Gasteiger partial charge on any atom is -0.394 e. The first-order chi connectivity index (χ1) is 23.6. The summed E-state index contributed by atoms with van der Waals surface area (Å²) in [5.74, 6) is 1.93. The van der Waals surface area contributed by atoms with Gasteiger partial charge < -0.3 is 35.0 Å². The van der Waals surface area contributed by atoms with Gasteiger partial charge in [0.2, 0.25) is 11.8 Å². The Morgan fingerprint density at radius 2 is 1.76 bits per heavy atom. The predicted molar refractivity (Wildman–Crippen MR) is 195 cm³/mol. The molecule has 1 heterocycles. The Morgan fingerprint density at radius 3 is 2.34 bits per heavy atom. The maximum Gasteiger partial charge on any atom is 0.240 e. The van der Waals surface area contributed by atoms with Crippen LogP contribution < -0.4 is 5.32 Å². The number of fused-ring (bicyclic) bond motifs is 2. The molecule has 11 heteroatoms. The summed E-state index contributed by atoms with van der Waals surface area (Å²) in [6, 6.07) is -0.270. The molecular weight excluding hydrogens is 634 g/mol. The van der Waals surface area contributed by atoms with E-state index in [1.54, 1.807) is 19.1 Å². The van der Waals surface area contributed by atoms with Crippen molar-refractivity contribution in [3.63, 3.8) is 0 Å². The molecule has 50 heavy (non-hydrogen) atoms. The number of carbonyl (C=O) groups excluding carboxylic acids is 2. The molecule has 2 amide bonds. The highest BCUT2D eigenvalue weighted by atomic mass is 16.7. The molecule has 6 rings (SSSR count). The second-order valence-corrected chi connectivity index (χ2v) is 18.2. The minimum atomic E-state index is -0.822. The van der Waals surface area contributed by atoms with E-state index in [1.807, 2.05) is 26.0 Å². The van der Waals surface area contributed by atoms with Gasteiger partial charge in [0.05, 0.1) is 18.8 Å². The number of methoxy groups -OCH3 is 1. The van der Waals surface area contributed by atoms with E-state index < -0.39 is 24.2 Å². The Kier molecular flexibility index (Phi) is 13.0. The number of hydrogen-bond donors (Lipinski definition) is 3. The molecule has 0 aromatic rings. The summed E-state index contributed by atoms with van der Waals surface area (Å²) in [4.78, 5) is 40.7. The van der Waals surface area contributed by atoms with Crippen LogP contribution >= 0.6 is 0 Å². The molecule has 1 saturated heterocycles. The van der Waals surface area contributed by atoms with Crippen molar-refractivity contribution in [2.24, 2.45) is 52.8 Å². The molecule has 288 valence electrons. The number of ether oxygens (including phenoxy) is 1. The van der Waals surface area contributed by atoms with Gasteiger partial charge in [-0.05, 0) is 115 Å². The van der Waals surface area contributed by atoms with Crippen molar-refractivity contribution in [3.05, 3.63) is 0 Å². The molecule has 11 nitrogen and oxygen atoms in total. The highest BCUT2D eigenvalue weighted by Gasteiger charge is 2.58. The summed E-state index contributed by atoms with van der Waals surface area (Å²) >= 11 is 0. The lowest BCUT2D eigenvalue weighted by molar-refractivity contribution is -0.193. The summed E-state index contributed by atoms with van der Waals surface area (Å²) < 4.78 is 6.38. The van der Waals surface area contributed by atoms with Crippen molar-refractivity contribution in [2.75, 3.05) is 68.6 Å². The number of nitrogens with one attached hydrogen (secondary N) is 1. The average molecular weight is 706 g/mol. The number of aliphatic hydroxyl groups is 2. The third-order valence-corrected chi connectivity index (χ3v) is 14.4. The number of amides is 2. The zero-order valence-electron chi connectivity index (χ0n) is 32.9. The normalized spacial score (nSPS) is 40.8. The molecule has 2 bridgehead atoms. The van der Waals surface area contributed by atoms with Crippen molar-refractivity contribution in [1.82, 2.24) is 25.1 Å². The third-order valence-electron chi connectivity index (χ3n) is 14.4. The molecule has 0 radical (unpaired) electrons. The van der Waals surface area contributed by atoms with Gasteiger partial charge in [-0.2, -0.15) is 5.06 Å². The Balaban J connectivity index is 1.32. The monoisotopic (exact) mass is 706 g/mol. The van der Waals surface area contributed by atoms with E-state index in [9.17, 15) is 19.8 Å². The van der Waals surface area contributed by atoms with Gasteiger partial charge in [0.1, 0.15) is 12.1 Å². The van der Waals surface area contributed by atoms with E-state index >= 15 is 0 Å². The van der Waals surface area contributed by atoms with Crippen LogP contribution in [0.5, 0.6) is 0 Å². The number of likely N-dealkylation sites (N-methyl/N-ethyl adjacent to an activating group) is 2. The van der Waals surface area contributed by atoms with Crippen LogP contribution in [-0.4, -0.2) is 147 Å². The number of hydrogen-bond acceptors (Lipinski definition) is 9. The molecule has 5 aliphatic carbocycles. The second-order valence-electron chi connectivity index (χ2n) is 18.2. The fourth-order valence-electron chi connectivity index (χ4n) is 11.2. The van der Waals surface area contributed by atoms with E-state index in [2.05, 4.69) is 50.0 Å². The standard InChI is InChI=1S/C39H71N5O6/c1-23-31-19-28(39(31,3)4)20-32(23)40-37(47)35-34(24(2)46)33(22-45)50-44(35)21-25-12-11-13-30(36(25)49-10)26-16-27(18-29(17-26)42(7)8)38(48)43(9)15-14-41(5)6/h23-36,45-46H,11-22H2,1-10H3,(H,40,47)/t23-,24-,25?,26?,27?,28+,29?,30?,31-,32-,33-,34+,35-,36?/m0/s1. The molecule has 1 aliphatic heterocycles. The topological polar surface area (TPSA) is 118 Å². The molecule has 6 aliphatic rings. The van der Waals surface area contributed by atoms with Crippen LogP contribution in [0, 0.1) is 52.8 Å². The second kappa shape index (κ2) is 16.4. The van der Waals surface area contributed by atoms with Crippen molar-refractivity contribution in [1.29, 1.82) is 0 Å². The van der Waals surface area contributed by atoms with Crippen LogP contribution in [-0.2, 0) is 19.2 Å². The Labute approximate surface area is 302 Å². The first-order valence-electron chi connectivity index (χ1n) is 19.7. The van der Waals surface area contributed by atoms with Gasteiger partial charge in [-0.15, -0.1) is 0 Å². The zero-order chi connectivity index (χ0) is 36.7. The highest BCUT2D eigenvalue weighted by Crippen LogP contribution is 2.61. The molecule has 14 atom stereocenters. The Hall–Kier alpha value is -1.34. The fourth-order valence-corrected chi connectivity index (χ4v) is 11.2. The summed E-state index contributed by atoms with van der Waals surface area (Å²) in [5.41, 5.74) is 0.320. The van der Waals surface area contributed by atoms with E-state index in [1.165, 1.54) is 6.42 Å². The van der Waals surface area contributed by atoms with Crippen LogP contribution in [0.3, 0.4) is 0 Å². The molecule has 0 aromatic carbocycles. The van der Waals surface area contributed by atoms with Gasteiger partial charge >= 0.3 is 0 Å². The maximum atomic E-state index is 14.3. The molecule has 3 N–H and O–H groups in total. The molecule has 0 aromatic heterocycles. The maximum absolute atomic E-state index is 14.3. The number of hydroxylamine groups is 2. The number of carbonyl (C=O) groups is 2. The van der Waals surface area contributed by atoms with Crippen molar-refractivity contribution in [3.8, 4) is 0 Å². The van der Waals surface area contributed by atoms with Gasteiger partial charge in [-0.25, -0.2) is 0 Å². The molecular formula is C39H71N5O6. The quantitative estimate of drug-likeness (QED) is 0.266. The van der Waals surface area contributed by atoms with Crippen LogP contribution in [0.25, 0.3) is 0 Å². The molecule has 6 fully saturated rings. The van der Waals surface area contributed by atoms with Gasteiger partial charge in [0, 0.05) is 63.6 Å². The number of nitrogens with zero attached hydrogens (tertiary/aromatic N) is 4. The van der Waals surface area contributed by atoms with E-state index in [0.29, 0.717) is 41.7 Å². The fraction of sp³-hybridized carbons (Fsp3) is 0.949. The van der Waals surface area contributed by atoms with E-state index in [-0.39, 0.29) is 48.3 Å². The summed E-state index contributed by atoms with van der Waals surface area (Å²) in [6.45, 7) is 10.5. The summed E-state index contributed by atoms with van der Waals surface area (Å²) in [5, 5.41) is 26.5. The van der Waals surface area contributed by atoms with Crippen LogP contribution in [0.15, 0.2) is 0 Å². The average Bonchev–Trinajstić information content (AvgIpc) is 3.45. The lowest BCUT2D eigenvalue weighted by Crippen LogP contribution is -2.62. The largest absolute Gasteiger partial charge is 0.394 e.